The van der Waals surface area contributed by atoms with E-state index in [0.717, 1.165) is 40.4 Å². The Morgan fingerprint density at radius 2 is 1.92 bits per heavy atom. The molecule has 0 unspecified atom stereocenters. The van der Waals surface area contributed by atoms with Gasteiger partial charge in [-0.1, -0.05) is 49.0 Å². The van der Waals surface area contributed by atoms with E-state index in [1.807, 2.05) is 55.5 Å². The largest absolute Gasteiger partial charge is 0.351 e. The Balaban J connectivity index is 1.65. The number of nitrogens with one attached hydrogen (secondary N) is 3. The summed E-state index contributed by atoms with van der Waals surface area (Å²) < 4.78 is 0. The monoisotopic (exact) mass is 354 g/mol. The zero-order chi connectivity index (χ0) is 17.5. The number of H-pyrrole nitrogens is 1. The second-order valence-corrected chi connectivity index (χ2v) is 6.58. The first-order valence-corrected chi connectivity index (χ1v) is 9.41. The highest BCUT2D eigenvalue weighted by Crippen LogP contribution is 2.24. The molecule has 6 heteroatoms. The minimum atomic E-state index is -0.0290. The second kappa shape index (κ2) is 8.69. The minimum Gasteiger partial charge on any atom is -0.351 e. The van der Waals surface area contributed by atoms with Crippen molar-refractivity contribution in [1.82, 2.24) is 20.6 Å². The molecule has 3 N–H and O–H groups in total. The van der Waals surface area contributed by atoms with E-state index < -0.39 is 0 Å². The molecule has 1 amide bonds. The number of thioether (sulfide) groups is 1. The highest BCUT2D eigenvalue weighted by molar-refractivity contribution is 7.98. The van der Waals surface area contributed by atoms with Crippen molar-refractivity contribution in [2.45, 2.75) is 17.8 Å². The summed E-state index contributed by atoms with van der Waals surface area (Å²) in [5.41, 5.74) is 3.72. The Hall–Kier alpha value is -2.31. The number of likely N-dealkylation sites (N-methyl/N-ethyl adjacent to an activating group) is 1. The van der Waals surface area contributed by atoms with Crippen molar-refractivity contribution >= 4 is 28.7 Å². The fourth-order valence-electron chi connectivity index (χ4n) is 2.55. The van der Waals surface area contributed by atoms with Gasteiger partial charge in [0.2, 0.25) is 0 Å². The van der Waals surface area contributed by atoms with Crippen LogP contribution in [-0.2, 0) is 5.75 Å². The molecule has 0 spiro atoms. The number of aromatic amines is 1. The molecule has 0 fully saturated rings. The number of aromatic nitrogens is 2. The number of amides is 1. The molecule has 0 saturated heterocycles. The van der Waals surface area contributed by atoms with Crippen molar-refractivity contribution in [3.63, 3.8) is 0 Å². The first kappa shape index (κ1) is 17.5. The number of fused-ring (bicyclic) bond motifs is 1. The zero-order valence-corrected chi connectivity index (χ0v) is 15.0. The molecule has 1 heterocycles. The summed E-state index contributed by atoms with van der Waals surface area (Å²) in [4.78, 5) is 20.3. The number of rotatable bonds is 8. The predicted octanol–water partition coefficient (Wildman–Crippen LogP) is 3.19. The lowest BCUT2D eigenvalue weighted by molar-refractivity contribution is 0.0953. The Bertz CT molecular complexity index is 813. The normalized spacial score (nSPS) is 10.9. The average molecular weight is 354 g/mol. The summed E-state index contributed by atoms with van der Waals surface area (Å²) in [7, 11) is 0. The van der Waals surface area contributed by atoms with Crippen LogP contribution >= 0.6 is 11.8 Å². The van der Waals surface area contributed by atoms with Crippen LogP contribution in [0.15, 0.2) is 53.7 Å². The molecular weight excluding hydrogens is 332 g/mol. The van der Waals surface area contributed by atoms with Crippen LogP contribution in [0.1, 0.15) is 22.8 Å². The molecule has 5 nitrogen and oxygen atoms in total. The van der Waals surface area contributed by atoms with Crippen LogP contribution in [-0.4, -0.2) is 35.5 Å². The van der Waals surface area contributed by atoms with Crippen LogP contribution < -0.4 is 10.6 Å². The first-order valence-electron chi connectivity index (χ1n) is 8.42. The molecule has 0 bridgehead atoms. The molecule has 25 heavy (non-hydrogen) atoms. The van der Waals surface area contributed by atoms with Crippen molar-refractivity contribution in [3.05, 3.63) is 59.7 Å². The first-order chi connectivity index (χ1) is 12.3. The van der Waals surface area contributed by atoms with Gasteiger partial charge in [-0.15, -0.1) is 0 Å². The third kappa shape index (κ3) is 4.61. The molecule has 0 aliphatic heterocycles. The van der Waals surface area contributed by atoms with E-state index in [2.05, 4.69) is 20.6 Å². The van der Waals surface area contributed by atoms with E-state index in [1.165, 1.54) is 0 Å². The quantitative estimate of drug-likeness (QED) is 0.429. The zero-order valence-electron chi connectivity index (χ0n) is 14.2. The molecule has 0 atom stereocenters. The number of para-hydroxylation sites is 2. The predicted molar refractivity (Wildman–Crippen MR) is 103 cm³/mol. The summed E-state index contributed by atoms with van der Waals surface area (Å²) in [6.07, 6.45) is 0. The molecule has 0 aliphatic carbocycles. The lowest BCUT2D eigenvalue weighted by Crippen LogP contribution is -2.32. The van der Waals surface area contributed by atoms with Gasteiger partial charge in [0.15, 0.2) is 5.16 Å². The fraction of sp³-hybridized carbons (Fsp3) is 0.263. The van der Waals surface area contributed by atoms with Gasteiger partial charge < -0.3 is 15.6 Å². The van der Waals surface area contributed by atoms with Crippen LogP contribution in [0.2, 0.25) is 0 Å². The van der Waals surface area contributed by atoms with Crippen LogP contribution in [0.5, 0.6) is 0 Å². The molecule has 0 saturated carbocycles. The number of benzene rings is 2. The second-order valence-electron chi connectivity index (χ2n) is 5.61. The van der Waals surface area contributed by atoms with E-state index in [9.17, 15) is 4.79 Å². The number of hydrogen-bond acceptors (Lipinski definition) is 4. The molecular formula is C19H22N4OS. The molecule has 130 valence electrons. The van der Waals surface area contributed by atoms with Crippen molar-refractivity contribution in [1.29, 1.82) is 0 Å². The van der Waals surface area contributed by atoms with Crippen LogP contribution in [0.25, 0.3) is 11.0 Å². The van der Waals surface area contributed by atoms with Gasteiger partial charge in [-0.2, -0.15) is 0 Å². The van der Waals surface area contributed by atoms with Crippen LogP contribution in [0.3, 0.4) is 0 Å². The van der Waals surface area contributed by atoms with Crippen molar-refractivity contribution in [3.8, 4) is 0 Å². The summed E-state index contributed by atoms with van der Waals surface area (Å²) >= 11 is 1.60. The molecule has 2 aromatic carbocycles. The van der Waals surface area contributed by atoms with Crippen LogP contribution in [0.4, 0.5) is 0 Å². The third-order valence-corrected chi connectivity index (χ3v) is 4.75. The van der Waals surface area contributed by atoms with Gasteiger partial charge in [0.25, 0.3) is 5.91 Å². The smallest absolute Gasteiger partial charge is 0.251 e. The van der Waals surface area contributed by atoms with Gasteiger partial charge in [-0.3, -0.25) is 4.79 Å². The van der Waals surface area contributed by atoms with Gasteiger partial charge >= 0.3 is 0 Å². The van der Waals surface area contributed by atoms with E-state index >= 15 is 0 Å². The maximum absolute atomic E-state index is 12.4. The number of hydrogen-bond donors (Lipinski definition) is 3. The Kier molecular flexibility index (Phi) is 6.09. The summed E-state index contributed by atoms with van der Waals surface area (Å²) in [5.74, 6) is 0.662. The van der Waals surface area contributed by atoms with Crippen molar-refractivity contribution in [2.75, 3.05) is 19.6 Å². The number of carbonyl (C=O) groups excluding carboxylic acids is 1. The molecule has 3 aromatic rings. The van der Waals surface area contributed by atoms with E-state index in [0.29, 0.717) is 12.3 Å². The number of carbonyl (C=O) groups is 1. The van der Waals surface area contributed by atoms with E-state index in [4.69, 9.17) is 0 Å². The highest BCUT2D eigenvalue weighted by atomic mass is 32.2. The van der Waals surface area contributed by atoms with Crippen LogP contribution in [0, 0.1) is 0 Å². The molecule has 3 rings (SSSR count). The van der Waals surface area contributed by atoms with E-state index in [1.54, 1.807) is 11.8 Å². The summed E-state index contributed by atoms with van der Waals surface area (Å²) in [6, 6.07) is 15.7. The molecule has 0 radical (unpaired) electrons. The number of imidazole rings is 1. The standard InChI is InChI=1S/C19H22N4OS/c1-2-20-11-12-21-18(24)15-8-4-3-7-14(15)13-25-19-22-16-9-5-6-10-17(16)23-19/h3-10,20H,2,11-13H2,1H3,(H,21,24)(H,22,23). The van der Waals surface area contributed by atoms with Gasteiger partial charge in [-0.05, 0) is 30.3 Å². The van der Waals surface area contributed by atoms with Gasteiger partial charge in [-0.25, -0.2) is 4.98 Å². The fourth-order valence-corrected chi connectivity index (χ4v) is 3.44. The number of nitrogens with zero attached hydrogens (tertiary/aromatic N) is 1. The lowest BCUT2D eigenvalue weighted by atomic mass is 10.1. The lowest BCUT2D eigenvalue weighted by Gasteiger charge is -2.09. The molecule has 0 aliphatic rings. The SMILES string of the molecule is CCNCCNC(=O)c1ccccc1CSc1nc2ccccc2[nH]1. The molecule has 1 aromatic heterocycles. The van der Waals surface area contributed by atoms with Crippen molar-refractivity contribution < 1.29 is 4.79 Å². The topological polar surface area (TPSA) is 69.8 Å². The maximum atomic E-state index is 12.4. The van der Waals surface area contributed by atoms with Crippen molar-refractivity contribution in [2.24, 2.45) is 0 Å². The Labute approximate surface area is 151 Å². The van der Waals surface area contributed by atoms with Gasteiger partial charge in [0.05, 0.1) is 11.0 Å². The van der Waals surface area contributed by atoms with E-state index in [-0.39, 0.29) is 5.91 Å². The Morgan fingerprint density at radius 3 is 2.76 bits per heavy atom. The van der Waals surface area contributed by atoms with Gasteiger partial charge in [0, 0.05) is 24.4 Å². The average Bonchev–Trinajstić information content (AvgIpc) is 3.06. The highest BCUT2D eigenvalue weighted by Gasteiger charge is 2.11. The third-order valence-electron chi connectivity index (χ3n) is 3.83. The summed E-state index contributed by atoms with van der Waals surface area (Å²) in [6.45, 7) is 4.35. The minimum absolute atomic E-state index is 0.0290. The Morgan fingerprint density at radius 1 is 1.12 bits per heavy atom. The maximum Gasteiger partial charge on any atom is 0.251 e. The van der Waals surface area contributed by atoms with Gasteiger partial charge in [0.1, 0.15) is 0 Å². The summed E-state index contributed by atoms with van der Waals surface area (Å²) in [5, 5.41) is 7.02.